The largest absolute Gasteiger partial charge is 0.339 e. The topological polar surface area (TPSA) is 63.8 Å². The number of pyridine rings is 1. The molecule has 19 heavy (non-hydrogen) atoms. The first kappa shape index (κ1) is 13.1. The number of rotatable bonds is 3. The van der Waals surface area contributed by atoms with Gasteiger partial charge in [-0.3, -0.25) is 4.98 Å². The third-order valence-corrected chi connectivity index (χ3v) is 4.44. The molecule has 0 radical (unpaired) electrons. The van der Waals surface area contributed by atoms with Crippen LogP contribution in [0.4, 0.5) is 0 Å². The Morgan fingerprint density at radius 2 is 2.42 bits per heavy atom. The standard InChI is InChI=1S/C12H13BrN4OS/c13-8-1-2-10(15-6-8)12-16-11(18-17-12)5-9-7-19-4-3-14-9/h1-2,6,9,14H,3-5,7H2. The number of nitrogens with one attached hydrogen (secondary N) is 1. The van der Waals surface area contributed by atoms with Gasteiger partial charge >= 0.3 is 0 Å². The Hall–Kier alpha value is -0.920. The highest BCUT2D eigenvalue weighted by atomic mass is 79.9. The van der Waals surface area contributed by atoms with Gasteiger partial charge in [0.15, 0.2) is 0 Å². The molecule has 2 aromatic heterocycles. The monoisotopic (exact) mass is 340 g/mol. The SMILES string of the molecule is Brc1ccc(-c2noc(CC3CSCCN3)n2)nc1. The zero-order valence-corrected chi connectivity index (χ0v) is 12.6. The van der Waals surface area contributed by atoms with Crippen molar-refractivity contribution in [1.82, 2.24) is 20.4 Å². The molecule has 0 spiro atoms. The molecule has 1 N–H and O–H groups in total. The van der Waals surface area contributed by atoms with Crippen LogP contribution < -0.4 is 5.32 Å². The first-order valence-electron chi connectivity index (χ1n) is 6.07. The van der Waals surface area contributed by atoms with Crippen LogP contribution in [0.2, 0.25) is 0 Å². The number of hydrogen-bond donors (Lipinski definition) is 1. The molecule has 1 saturated heterocycles. The smallest absolute Gasteiger partial charge is 0.228 e. The summed E-state index contributed by atoms with van der Waals surface area (Å²) in [6.07, 6.45) is 2.50. The average molecular weight is 341 g/mol. The molecular formula is C12H13BrN4OS. The van der Waals surface area contributed by atoms with Crippen LogP contribution in [0.15, 0.2) is 27.3 Å². The van der Waals surface area contributed by atoms with Gasteiger partial charge in [-0.05, 0) is 28.1 Å². The molecule has 2 aromatic rings. The van der Waals surface area contributed by atoms with E-state index in [-0.39, 0.29) is 0 Å². The summed E-state index contributed by atoms with van der Waals surface area (Å²) in [7, 11) is 0. The van der Waals surface area contributed by atoms with E-state index in [0.717, 1.165) is 28.9 Å². The average Bonchev–Trinajstić information content (AvgIpc) is 2.89. The lowest BCUT2D eigenvalue weighted by Gasteiger charge is -2.21. The van der Waals surface area contributed by atoms with E-state index < -0.39 is 0 Å². The molecule has 100 valence electrons. The lowest BCUT2D eigenvalue weighted by Crippen LogP contribution is -2.38. The van der Waals surface area contributed by atoms with Gasteiger partial charge in [0.05, 0.1) is 0 Å². The third kappa shape index (κ3) is 3.34. The van der Waals surface area contributed by atoms with Crippen LogP contribution in [0.5, 0.6) is 0 Å². The van der Waals surface area contributed by atoms with Crippen molar-refractivity contribution in [2.24, 2.45) is 0 Å². The van der Waals surface area contributed by atoms with Gasteiger partial charge in [0.2, 0.25) is 11.7 Å². The van der Waals surface area contributed by atoms with Gasteiger partial charge in [0.25, 0.3) is 0 Å². The number of halogens is 1. The molecule has 3 rings (SSSR count). The molecule has 0 aromatic carbocycles. The maximum atomic E-state index is 5.29. The summed E-state index contributed by atoms with van der Waals surface area (Å²) < 4.78 is 6.22. The van der Waals surface area contributed by atoms with Gasteiger partial charge < -0.3 is 9.84 Å². The van der Waals surface area contributed by atoms with E-state index in [2.05, 4.69) is 36.4 Å². The molecule has 3 heterocycles. The molecule has 1 atom stereocenters. The fourth-order valence-electron chi connectivity index (χ4n) is 1.91. The van der Waals surface area contributed by atoms with Crippen LogP contribution in [0, 0.1) is 0 Å². The van der Waals surface area contributed by atoms with E-state index in [9.17, 15) is 0 Å². The van der Waals surface area contributed by atoms with Gasteiger partial charge in [-0.25, -0.2) is 0 Å². The van der Waals surface area contributed by atoms with Crippen LogP contribution in [-0.2, 0) is 6.42 Å². The van der Waals surface area contributed by atoms with Crippen molar-refractivity contribution >= 4 is 27.7 Å². The summed E-state index contributed by atoms with van der Waals surface area (Å²) in [5.74, 6) is 3.48. The van der Waals surface area contributed by atoms with Gasteiger partial charge in [-0.2, -0.15) is 16.7 Å². The highest BCUT2D eigenvalue weighted by molar-refractivity contribution is 9.10. The van der Waals surface area contributed by atoms with Crippen molar-refractivity contribution in [3.8, 4) is 11.5 Å². The summed E-state index contributed by atoms with van der Waals surface area (Å²) in [5.41, 5.74) is 0.726. The normalized spacial score (nSPS) is 19.5. The van der Waals surface area contributed by atoms with E-state index >= 15 is 0 Å². The zero-order chi connectivity index (χ0) is 13.1. The minimum absolute atomic E-state index is 0.421. The van der Waals surface area contributed by atoms with Crippen LogP contribution in [0.3, 0.4) is 0 Å². The number of nitrogens with zero attached hydrogens (tertiary/aromatic N) is 3. The molecule has 0 amide bonds. The lowest BCUT2D eigenvalue weighted by molar-refractivity contribution is 0.363. The molecular weight excluding hydrogens is 328 g/mol. The minimum Gasteiger partial charge on any atom is -0.339 e. The molecule has 1 aliphatic heterocycles. The van der Waals surface area contributed by atoms with Gasteiger partial charge in [-0.15, -0.1) is 0 Å². The Balaban J connectivity index is 1.70. The van der Waals surface area contributed by atoms with E-state index in [0.29, 0.717) is 17.8 Å². The maximum absolute atomic E-state index is 5.29. The van der Waals surface area contributed by atoms with Crippen molar-refractivity contribution in [1.29, 1.82) is 0 Å². The first-order chi connectivity index (χ1) is 9.31. The van der Waals surface area contributed by atoms with Gasteiger partial charge in [-0.1, -0.05) is 5.16 Å². The van der Waals surface area contributed by atoms with E-state index in [1.807, 2.05) is 23.9 Å². The molecule has 1 unspecified atom stereocenters. The lowest BCUT2D eigenvalue weighted by atomic mass is 10.2. The molecule has 0 saturated carbocycles. The Morgan fingerprint density at radius 1 is 1.47 bits per heavy atom. The highest BCUT2D eigenvalue weighted by Crippen LogP contribution is 2.17. The number of aromatic nitrogens is 3. The second-order valence-electron chi connectivity index (χ2n) is 4.30. The highest BCUT2D eigenvalue weighted by Gasteiger charge is 2.17. The predicted molar refractivity (Wildman–Crippen MR) is 78.0 cm³/mol. The van der Waals surface area contributed by atoms with Crippen molar-refractivity contribution in [3.63, 3.8) is 0 Å². The summed E-state index contributed by atoms with van der Waals surface area (Å²) >= 11 is 5.31. The van der Waals surface area contributed by atoms with Crippen LogP contribution >= 0.6 is 27.7 Å². The van der Waals surface area contributed by atoms with Crippen LogP contribution in [0.25, 0.3) is 11.5 Å². The maximum Gasteiger partial charge on any atom is 0.228 e. The minimum atomic E-state index is 0.421. The summed E-state index contributed by atoms with van der Waals surface area (Å²) in [5, 5.41) is 7.44. The van der Waals surface area contributed by atoms with Gasteiger partial charge in [0.1, 0.15) is 5.69 Å². The van der Waals surface area contributed by atoms with Gasteiger partial charge in [0, 0.05) is 41.2 Å². The van der Waals surface area contributed by atoms with Crippen LogP contribution in [-0.4, -0.2) is 39.2 Å². The van der Waals surface area contributed by atoms with E-state index in [1.165, 1.54) is 5.75 Å². The predicted octanol–water partition coefficient (Wildman–Crippen LogP) is 2.14. The number of hydrogen-bond acceptors (Lipinski definition) is 6. The van der Waals surface area contributed by atoms with Crippen molar-refractivity contribution in [3.05, 3.63) is 28.7 Å². The molecule has 0 aliphatic carbocycles. The third-order valence-electron chi connectivity index (χ3n) is 2.84. The Morgan fingerprint density at radius 3 is 3.16 bits per heavy atom. The first-order valence-corrected chi connectivity index (χ1v) is 8.01. The van der Waals surface area contributed by atoms with Crippen molar-refractivity contribution < 1.29 is 4.52 Å². The summed E-state index contributed by atoms with van der Waals surface area (Å²) in [6.45, 7) is 1.05. The molecule has 5 nitrogen and oxygen atoms in total. The summed E-state index contributed by atoms with van der Waals surface area (Å²) in [6, 6.07) is 4.20. The zero-order valence-electron chi connectivity index (χ0n) is 10.2. The Kier molecular flexibility index (Phi) is 4.15. The molecule has 7 heteroatoms. The summed E-state index contributed by atoms with van der Waals surface area (Å²) in [4.78, 5) is 8.66. The van der Waals surface area contributed by atoms with Crippen molar-refractivity contribution in [2.75, 3.05) is 18.1 Å². The molecule has 1 aliphatic rings. The van der Waals surface area contributed by atoms with Crippen molar-refractivity contribution in [2.45, 2.75) is 12.5 Å². The second-order valence-corrected chi connectivity index (χ2v) is 6.37. The Bertz CT molecular complexity index is 539. The fourth-order valence-corrected chi connectivity index (χ4v) is 3.10. The quantitative estimate of drug-likeness (QED) is 0.923. The number of thioether (sulfide) groups is 1. The molecule has 0 bridgehead atoms. The second kappa shape index (κ2) is 6.02. The van der Waals surface area contributed by atoms with E-state index in [1.54, 1.807) is 6.20 Å². The molecule has 1 fully saturated rings. The van der Waals surface area contributed by atoms with Crippen LogP contribution in [0.1, 0.15) is 5.89 Å². The van der Waals surface area contributed by atoms with E-state index in [4.69, 9.17) is 4.52 Å². The Labute approximate surface area is 123 Å². The fraction of sp³-hybridized carbons (Fsp3) is 0.417.